The molecule has 1 aromatic rings. The van der Waals surface area contributed by atoms with E-state index in [9.17, 15) is 18.0 Å². The Morgan fingerprint density at radius 1 is 1.54 bits per heavy atom. The lowest BCUT2D eigenvalue weighted by molar-refractivity contribution is -0.153. The molecule has 0 aromatic carbocycles. The molecule has 0 aliphatic heterocycles. The first kappa shape index (κ1) is 9.63. The number of carboxylic acids is 1. The van der Waals surface area contributed by atoms with Crippen molar-refractivity contribution >= 4 is 5.97 Å². The first-order valence-corrected chi connectivity index (χ1v) is 3.23. The molecule has 0 fully saturated rings. The van der Waals surface area contributed by atoms with Crippen LogP contribution >= 0.6 is 0 Å². The smallest absolute Gasteiger partial charge is 0.449 e. The third-order valence-corrected chi connectivity index (χ3v) is 1.39. The average molecular weight is 194 g/mol. The molecular weight excluding hydrogens is 189 g/mol. The summed E-state index contributed by atoms with van der Waals surface area (Å²) in [5.74, 6) is -3.48. The van der Waals surface area contributed by atoms with Crippen LogP contribution in [0.25, 0.3) is 0 Å². The van der Waals surface area contributed by atoms with E-state index in [0.29, 0.717) is 0 Å². The van der Waals surface area contributed by atoms with E-state index in [1.54, 1.807) is 0 Å². The fourth-order valence-corrected chi connectivity index (χ4v) is 0.869. The van der Waals surface area contributed by atoms with Crippen molar-refractivity contribution in [1.82, 2.24) is 0 Å². The lowest BCUT2D eigenvalue weighted by atomic mass is 10.2. The molecule has 0 unspecified atom stereocenters. The summed E-state index contributed by atoms with van der Waals surface area (Å²) in [5, 5.41) is 8.33. The largest absolute Gasteiger partial charge is 0.475 e. The molecule has 72 valence electrons. The van der Waals surface area contributed by atoms with Crippen LogP contribution in [0.2, 0.25) is 0 Å². The van der Waals surface area contributed by atoms with E-state index < -0.39 is 23.7 Å². The maximum Gasteiger partial charge on any atom is 0.449 e. The summed E-state index contributed by atoms with van der Waals surface area (Å²) in [6.45, 7) is 1.14. The molecule has 0 saturated carbocycles. The van der Waals surface area contributed by atoms with E-state index >= 15 is 0 Å². The van der Waals surface area contributed by atoms with Crippen LogP contribution in [0.5, 0.6) is 0 Å². The third kappa shape index (κ3) is 1.82. The highest BCUT2D eigenvalue weighted by atomic mass is 19.4. The van der Waals surface area contributed by atoms with Crippen molar-refractivity contribution in [1.29, 1.82) is 0 Å². The molecule has 1 rings (SSSR count). The molecule has 3 nitrogen and oxygen atoms in total. The van der Waals surface area contributed by atoms with Crippen molar-refractivity contribution < 1.29 is 27.5 Å². The van der Waals surface area contributed by atoms with Gasteiger partial charge in [0.2, 0.25) is 11.5 Å². The molecule has 6 heteroatoms. The predicted octanol–water partition coefficient (Wildman–Crippen LogP) is 2.31. The number of hydrogen-bond acceptors (Lipinski definition) is 2. The Labute approximate surface area is 70.8 Å². The van der Waals surface area contributed by atoms with Gasteiger partial charge in [-0.25, -0.2) is 4.79 Å². The van der Waals surface area contributed by atoms with Crippen LogP contribution in [0.3, 0.4) is 0 Å². The zero-order valence-corrected chi connectivity index (χ0v) is 6.47. The SMILES string of the molecule is Cc1cc(C(=O)O)oc1C(F)(F)F. The maximum atomic E-state index is 12.0. The summed E-state index contributed by atoms with van der Waals surface area (Å²) >= 11 is 0. The van der Waals surface area contributed by atoms with Gasteiger partial charge in [-0.1, -0.05) is 0 Å². The van der Waals surface area contributed by atoms with Gasteiger partial charge in [0.25, 0.3) is 0 Å². The molecule has 1 N–H and O–H groups in total. The van der Waals surface area contributed by atoms with Crippen LogP contribution in [-0.4, -0.2) is 11.1 Å². The number of aromatic carboxylic acids is 1. The summed E-state index contributed by atoms with van der Waals surface area (Å²) in [4.78, 5) is 10.2. The third-order valence-electron chi connectivity index (χ3n) is 1.39. The van der Waals surface area contributed by atoms with Crippen LogP contribution in [0.4, 0.5) is 13.2 Å². The van der Waals surface area contributed by atoms with Crippen molar-refractivity contribution in [2.45, 2.75) is 13.1 Å². The van der Waals surface area contributed by atoms with Crippen molar-refractivity contribution in [3.8, 4) is 0 Å². The van der Waals surface area contributed by atoms with Crippen molar-refractivity contribution in [3.05, 3.63) is 23.2 Å². The number of halogens is 3. The lowest BCUT2D eigenvalue weighted by Crippen LogP contribution is -2.04. The lowest BCUT2D eigenvalue weighted by Gasteiger charge is -2.01. The minimum atomic E-state index is -4.64. The second-order valence-corrected chi connectivity index (χ2v) is 2.43. The molecule has 0 bridgehead atoms. The quantitative estimate of drug-likeness (QED) is 0.746. The van der Waals surface area contributed by atoms with Gasteiger partial charge in [0, 0.05) is 5.56 Å². The van der Waals surface area contributed by atoms with Gasteiger partial charge >= 0.3 is 12.1 Å². The number of carboxylic acid groups (broad SMARTS) is 1. The standard InChI is InChI=1S/C7H5F3O3/c1-3-2-4(6(11)12)13-5(3)7(8,9)10/h2H,1H3,(H,11,12). The number of hydrogen-bond donors (Lipinski definition) is 1. The fraction of sp³-hybridized carbons (Fsp3) is 0.286. The molecule has 0 spiro atoms. The van der Waals surface area contributed by atoms with Gasteiger partial charge in [-0.2, -0.15) is 13.2 Å². The predicted molar refractivity (Wildman–Crippen MR) is 35.4 cm³/mol. The first-order chi connectivity index (χ1) is 5.82. The zero-order chi connectivity index (χ0) is 10.2. The number of carbonyl (C=O) groups is 1. The summed E-state index contributed by atoms with van der Waals surface area (Å²) < 4.78 is 40.2. The van der Waals surface area contributed by atoms with Crippen LogP contribution in [0, 0.1) is 6.92 Å². The highest BCUT2D eigenvalue weighted by molar-refractivity contribution is 5.84. The van der Waals surface area contributed by atoms with Crippen molar-refractivity contribution in [2.24, 2.45) is 0 Å². The minimum Gasteiger partial charge on any atom is -0.475 e. The van der Waals surface area contributed by atoms with Crippen LogP contribution < -0.4 is 0 Å². The highest BCUT2D eigenvalue weighted by Crippen LogP contribution is 2.33. The van der Waals surface area contributed by atoms with Gasteiger partial charge < -0.3 is 9.52 Å². The van der Waals surface area contributed by atoms with Gasteiger partial charge in [0.05, 0.1) is 0 Å². The van der Waals surface area contributed by atoms with Crippen molar-refractivity contribution in [3.63, 3.8) is 0 Å². The average Bonchev–Trinajstić information content (AvgIpc) is 2.29. The van der Waals surface area contributed by atoms with Crippen LogP contribution in [0.15, 0.2) is 10.5 Å². The molecule has 13 heavy (non-hydrogen) atoms. The Kier molecular flexibility index (Phi) is 2.07. The van der Waals surface area contributed by atoms with Gasteiger partial charge in [0.1, 0.15) is 0 Å². The molecule has 0 radical (unpaired) electrons. The molecule has 1 aromatic heterocycles. The molecule has 0 atom stereocenters. The second kappa shape index (κ2) is 2.79. The van der Waals surface area contributed by atoms with Gasteiger partial charge in [0.15, 0.2) is 0 Å². The van der Waals surface area contributed by atoms with E-state index in [1.165, 1.54) is 0 Å². The van der Waals surface area contributed by atoms with Crippen LogP contribution in [-0.2, 0) is 6.18 Å². The molecule has 0 aliphatic carbocycles. The summed E-state index contributed by atoms with van der Waals surface area (Å²) in [6, 6.07) is 0.838. The first-order valence-electron chi connectivity index (χ1n) is 3.23. The zero-order valence-electron chi connectivity index (χ0n) is 6.47. The van der Waals surface area contributed by atoms with Gasteiger partial charge in [-0.15, -0.1) is 0 Å². The Hall–Kier alpha value is -1.46. The summed E-state index contributed by atoms with van der Waals surface area (Å²) in [7, 11) is 0. The number of rotatable bonds is 1. The Morgan fingerprint density at radius 3 is 2.31 bits per heavy atom. The topological polar surface area (TPSA) is 50.4 Å². The monoisotopic (exact) mass is 194 g/mol. The van der Waals surface area contributed by atoms with E-state index in [-0.39, 0.29) is 5.56 Å². The number of aryl methyl sites for hydroxylation is 1. The van der Waals surface area contributed by atoms with Gasteiger partial charge in [-0.05, 0) is 13.0 Å². The maximum absolute atomic E-state index is 12.0. The van der Waals surface area contributed by atoms with E-state index in [4.69, 9.17) is 5.11 Å². The van der Waals surface area contributed by atoms with E-state index in [2.05, 4.69) is 4.42 Å². The fourth-order valence-electron chi connectivity index (χ4n) is 0.869. The molecule has 0 amide bonds. The molecule has 1 heterocycles. The normalized spacial score (nSPS) is 11.7. The highest BCUT2D eigenvalue weighted by Gasteiger charge is 2.37. The second-order valence-electron chi connectivity index (χ2n) is 2.43. The van der Waals surface area contributed by atoms with Crippen molar-refractivity contribution in [2.75, 3.05) is 0 Å². The Bertz CT molecular complexity index is 337. The Morgan fingerprint density at radius 2 is 2.08 bits per heavy atom. The number of alkyl halides is 3. The molecule has 0 saturated heterocycles. The number of furan rings is 1. The van der Waals surface area contributed by atoms with Crippen LogP contribution in [0.1, 0.15) is 21.9 Å². The van der Waals surface area contributed by atoms with E-state index in [0.717, 1.165) is 13.0 Å². The minimum absolute atomic E-state index is 0.232. The van der Waals surface area contributed by atoms with Gasteiger partial charge in [-0.3, -0.25) is 0 Å². The summed E-state index contributed by atoms with van der Waals surface area (Å²) in [5.41, 5.74) is -0.232. The molecular formula is C7H5F3O3. The van der Waals surface area contributed by atoms with E-state index in [1.807, 2.05) is 0 Å². The Balaban J connectivity index is 3.18. The molecule has 0 aliphatic rings. The summed E-state index contributed by atoms with van der Waals surface area (Å²) in [6.07, 6.45) is -4.64.